The summed E-state index contributed by atoms with van der Waals surface area (Å²) in [6.07, 6.45) is 3.87. The van der Waals surface area contributed by atoms with Gasteiger partial charge in [-0.25, -0.2) is 23.5 Å². The lowest BCUT2D eigenvalue weighted by Crippen LogP contribution is -2.33. The highest BCUT2D eigenvalue weighted by Gasteiger charge is 2.22. The minimum atomic E-state index is -0.251. The molecule has 0 unspecified atom stereocenters. The molecule has 2 atom stereocenters. The lowest BCUT2D eigenvalue weighted by Gasteiger charge is -2.21. The zero-order chi connectivity index (χ0) is 10.5. The topological polar surface area (TPSA) is 48.9 Å². The summed E-state index contributed by atoms with van der Waals surface area (Å²) in [6, 6.07) is -0.0970. The summed E-state index contributed by atoms with van der Waals surface area (Å²) >= 11 is 0. The SMILES string of the molecule is C[C@@H]1C=C[C@H](C)n2c(=O)n(C)c(=O)n21. The van der Waals surface area contributed by atoms with Crippen molar-refractivity contribution in [2.24, 2.45) is 7.05 Å². The molecule has 0 aliphatic carbocycles. The number of hydrogen-bond donors (Lipinski definition) is 0. The van der Waals surface area contributed by atoms with E-state index < -0.39 is 0 Å². The van der Waals surface area contributed by atoms with E-state index in [0.717, 1.165) is 4.57 Å². The van der Waals surface area contributed by atoms with Gasteiger partial charge >= 0.3 is 11.4 Å². The lowest BCUT2D eigenvalue weighted by atomic mass is 10.2. The van der Waals surface area contributed by atoms with E-state index in [2.05, 4.69) is 0 Å². The maximum Gasteiger partial charge on any atom is 0.347 e. The summed E-state index contributed by atoms with van der Waals surface area (Å²) in [5.74, 6) is 0. The van der Waals surface area contributed by atoms with Gasteiger partial charge in [-0.3, -0.25) is 0 Å². The van der Waals surface area contributed by atoms with Crippen molar-refractivity contribution in [3.05, 3.63) is 33.1 Å². The van der Waals surface area contributed by atoms with Gasteiger partial charge in [-0.2, -0.15) is 0 Å². The molecule has 5 nitrogen and oxygen atoms in total. The molecule has 1 aromatic heterocycles. The highest BCUT2D eigenvalue weighted by atomic mass is 16.2. The van der Waals surface area contributed by atoms with Gasteiger partial charge < -0.3 is 0 Å². The second kappa shape index (κ2) is 2.73. The molecule has 1 aliphatic heterocycles. The molecule has 1 aliphatic rings. The van der Waals surface area contributed by atoms with Gasteiger partial charge in [0.1, 0.15) is 0 Å². The first-order valence-electron chi connectivity index (χ1n) is 4.62. The van der Waals surface area contributed by atoms with Crippen molar-refractivity contribution in [1.82, 2.24) is 13.9 Å². The lowest BCUT2D eigenvalue weighted by molar-refractivity contribution is 0.375. The Kier molecular flexibility index (Phi) is 1.77. The quantitative estimate of drug-likeness (QED) is 0.549. The standard InChI is InChI=1S/C9H13N3O2/c1-6-4-5-7(2)12-9(14)10(3)8(13)11(6)12/h4-7H,1-3H3/t6-,7+. The van der Waals surface area contributed by atoms with Crippen molar-refractivity contribution < 1.29 is 0 Å². The van der Waals surface area contributed by atoms with Gasteiger partial charge in [0.2, 0.25) is 0 Å². The molecule has 0 amide bonds. The number of aromatic nitrogens is 3. The van der Waals surface area contributed by atoms with Gasteiger partial charge in [-0.05, 0) is 13.8 Å². The Bertz CT molecular complexity index is 460. The van der Waals surface area contributed by atoms with Crippen molar-refractivity contribution in [2.45, 2.75) is 25.9 Å². The number of fused-ring (bicyclic) bond motifs is 1. The third-order valence-electron chi connectivity index (χ3n) is 2.64. The Hall–Kier alpha value is -1.52. The summed E-state index contributed by atoms with van der Waals surface area (Å²) in [4.78, 5) is 23.3. The van der Waals surface area contributed by atoms with Crippen LogP contribution in [-0.4, -0.2) is 13.9 Å². The van der Waals surface area contributed by atoms with Gasteiger partial charge in [-0.15, -0.1) is 0 Å². The first-order chi connectivity index (χ1) is 6.54. The zero-order valence-electron chi connectivity index (χ0n) is 8.47. The molecule has 2 heterocycles. The van der Waals surface area contributed by atoms with Gasteiger partial charge in [0, 0.05) is 7.05 Å². The Labute approximate surface area is 80.9 Å². The molecule has 2 rings (SSSR count). The molecule has 0 aromatic carbocycles. The van der Waals surface area contributed by atoms with Crippen LogP contribution in [-0.2, 0) is 7.05 Å². The van der Waals surface area contributed by atoms with E-state index in [4.69, 9.17) is 0 Å². The Morgan fingerprint density at radius 2 is 1.36 bits per heavy atom. The fraction of sp³-hybridized carbons (Fsp3) is 0.556. The number of rotatable bonds is 0. The Morgan fingerprint density at radius 3 is 1.71 bits per heavy atom. The average Bonchev–Trinajstić information content (AvgIpc) is 2.38. The molecule has 0 bridgehead atoms. The Balaban J connectivity index is 2.85. The highest BCUT2D eigenvalue weighted by Crippen LogP contribution is 2.15. The Morgan fingerprint density at radius 1 is 1.00 bits per heavy atom. The monoisotopic (exact) mass is 195 g/mol. The van der Waals surface area contributed by atoms with Crippen LogP contribution in [0.2, 0.25) is 0 Å². The van der Waals surface area contributed by atoms with Crippen molar-refractivity contribution >= 4 is 0 Å². The summed E-state index contributed by atoms with van der Waals surface area (Å²) < 4.78 is 4.12. The average molecular weight is 195 g/mol. The van der Waals surface area contributed by atoms with Crippen LogP contribution in [0.3, 0.4) is 0 Å². The molecule has 14 heavy (non-hydrogen) atoms. The predicted octanol–water partition coefficient (Wildman–Crippen LogP) is 0.0403. The number of hydrogen-bond acceptors (Lipinski definition) is 2. The van der Waals surface area contributed by atoms with Crippen LogP contribution >= 0.6 is 0 Å². The zero-order valence-corrected chi connectivity index (χ0v) is 8.47. The van der Waals surface area contributed by atoms with Crippen LogP contribution in [0.1, 0.15) is 25.9 Å². The second-order valence-electron chi connectivity index (χ2n) is 3.68. The van der Waals surface area contributed by atoms with Crippen molar-refractivity contribution in [3.8, 4) is 0 Å². The van der Waals surface area contributed by atoms with Crippen LogP contribution < -0.4 is 11.4 Å². The maximum atomic E-state index is 11.7. The largest absolute Gasteiger partial charge is 0.347 e. The molecule has 5 heteroatoms. The molecule has 76 valence electrons. The number of allylic oxidation sites excluding steroid dienone is 2. The van der Waals surface area contributed by atoms with E-state index in [0.29, 0.717) is 0 Å². The molecule has 0 saturated carbocycles. The summed E-state index contributed by atoms with van der Waals surface area (Å²) in [5.41, 5.74) is -0.502. The minimum absolute atomic E-state index is 0.0485. The van der Waals surface area contributed by atoms with Crippen molar-refractivity contribution in [1.29, 1.82) is 0 Å². The van der Waals surface area contributed by atoms with Crippen LogP contribution in [0.25, 0.3) is 0 Å². The van der Waals surface area contributed by atoms with Gasteiger partial charge in [-0.1, -0.05) is 12.2 Å². The molecule has 0 radical (unpaired) electrons. The molecular formula is C9H13N3O2. The molecule has 0 N–H and O–H groups in total. The first kappa shape index (κ1) is 9.05. The van der Waals surface area contributed by atoms with Crippen LogP contribution in [0.15, 0.2) is 21.7 Å². The highest BCUT2D eigenvalue weighted by molar-refractivity contribution is 5.01. The minimum Gasteiger partial charge on any atom is -0.246 e. The fourth-order valence-corrected chi connectivity index (χ4v) is 1.80. The van der Waals surface area contributed by atoms with E-state index in [-0.39, 0.29) is 23.5 Å². The van der Waals surface area contributed by atoms with E-state index in [1.54, 1.807) is 0 Å². The molecule has 0 saturated heterocycles. The van der Waals surface area contributed by atoms with Gasteiger partial charge in [0.15, 0.2) is 0 Å². The summed E-state index contributed by atoms with van der Waals surface area (Å²) in [6.45, 7) is 3.78. The molecule has 0 spiro atoms. The molecule has 0 fully saturated rings. The smallest absolute Gasteiger partial charge is 0.246 e. The molecule has 1 aromatic rings. The van der Waals surface area contributed by atoms with E-state index in [1.165, 1.54) is 16.4 Å². The summed E-state index contributed by atoms with van der Waals surface area (Å²) in [7, 11) is 1.50. The van der Waals surface area contributed by atoms with Crippen molar-refractivity contribution in [2.75, 3.05) is 0 Å². The molecular weight excluding hydrogens is 182 g/mol. The second-order valence-corrected chi connectivity index (χ2v) is 3.68. The van der Waals surface area contributed by atoms with E-state index in [1.807, 2.05) is 26.0 Å². The predicted molar refractivity (Wildman–Crippen MR) is 52.5 cm³/mol. The number of nitrogens with zero attached hydrogens (tertiary/aromatic N) is 3. The van der Waals surface area contributed by atoms with E-state index in [9.17, 15) is 9.59 Å². The van der Waals surface area contributed by atoms with Gasteiger partial charge in [0.05, 0.1) is 12.1 Å². The first-order valence-corrected chi connectivity index (χ1v) is 4.62. The van der Waals surface area contributed by atoms with E-state index >= 15 is 0 Å². The van der Waals surface area contributed by atoms with Gasteiger partial charge in [0.25, 0.3) is 0 Å². The third-order valence-corrected chi connectivity index (χ3v) is 2.64. The normalized spacial score (nSPS) is 25.1. The van der Waals surface area contributed by atoms with Crippen LogP contribution in [0.5, 0.6) is 0 Å². The summed E-state index contributed by atoms with van der Waals surface area (Å²) in [5, 5.41) is 0. The van der Waals surface area contributed by atoms with Crippen LogP contribution in [0, 0.1) is 0 Å². The van der Waals surface area contributed by atoms with Crippen LogP contribution in [0.4, 0.5) is 0 Å². The fourth-order valence-electron chi connectivity index (χ4n) is 1.80. The maximum absolute atomic E-state index is 11.7. The van der Waals surface area contributed by atoms with Crippen molar-refractivity contribution in [3.63, 3.8) is 0 Å². The third kappa shape index (κ3) is 0.950.